The molecule has 146 valence electrons. The molecule has 0 aliphatic heterocycles. The van der Waals surface area contributed by atoms with Crippen LogP contribution >= 0.6 is 11.6 Å². The molecule has 0 unspecified atom stereocenters. The number of hydrogen-bond donors (Lipinski definition) is 0. The van der Waals surface area contributed by atoms with Gasteiger partial charge >= 0.3 is 6.09 Å². The lowest BCUT2D eigenvalue weighted by Gasteiger charge is -2.30. The van der Waals surface area contributed by atoms with Crippen LogP contribution in [0.5, 0.6) is 5.75 Å². The number of amides is 1. The maximum Gasteiger partial charge on any atom is 0.414 e. The summed E-state index contributed by atoms with van der Waals surface area (Å²) in [5.41, 5.74) is 0. The highest BCUT2D eigenvalue weighted by Crippen LogP contribution is 2.31. The summed E-state index contributed by atoms with van der Waals surface area (Å²) in [6, 6.07) is 6.69. The third-order valence-electron chi connectivity index (χ3n) is 4.65. The molecule has 1 saturated carbocycles. The van der Waals surface area contributed by atoms with Gasteiger partial charge in [0.1, 0.15) is 5.75 Å². The van der Waals surface area contributed by atoms with Crippen molar-refractivity contribution in [3.05, 3.63) is 29.3 Å². The van der Waals surface area contributed by atoms with Crippen molar-refractivity contribution >= 4 is 27.8 Å². The molecular weight excluding hydrogens is 378 g/mol. The summed E-state index contributed by atoms with van der Waals surface area (Å²) in [5.74, 6) is 1.39. The van der Waals surface area contributed by atoms with Crippen LogP contribution in [0, 0.1) is 11.8 Å². The third-order valence-corrected chi connectivity index (χ3v) is 5.50. The number of benzene rings is 1. The number of carbonyl (C=O) groups is 1. The molecule has 1 fully saturated rings. The van der Waals surface area contributed by atoms with Crippen LogP contribution in [-0.4, -0.2) is 45.9 Å². The van der Waals surface area contributed by atoms with Crippen molar-refractivity contribution < 1.29 is 22.1 Å². The fourth-order valence-electron chi connectivity index (χ4n) is 3.21. The number of nitrogens with zero attached hydrogens (tertiary/aromatic N) is 1. The summed E-state index contributed by atoms with van der Waals surface area (Å²) in [5, 5.41) is 0.594. The van der Waals surface area contributed by atoms with Gasteiger partial charge in [-0.1, -0.05) is 24.4 Å². The third kappa shape index (κ3) is 7.51. The fraction of sp³-hybridized carbons (Fsp3) is 0.611. The average Bonchev–Trinajstić information content (AvgIpc) is 2.57. The Morgan fingerprint density at radius 2 is 1.73 bits per heavy atom. The Balaban J connectivity index is 1.69. The molecule has 0 N–H and O–H groups in total. The van der Waals surface area contributed by atoms with E-state index < -0.39 is 10.1 Å². The van der Waals surface area contributed by atoms with Crippen LogP contribution < -0.4 is 4.74 Å². The summed E-state index contributed by atoms with van der Waals surface area (Å²) in [6.45, 7) is 0.903. The van der Waals surface area contributed by atoms with Gasteiger partial charge in [0.2, 0.25) is 0 Å². The van der Waals surface area contributed by atoms with Gasteiger partial charge in [0.25, 0.3) is 10.1 Å². The zero-order chi connectivity index (χ0) is 19.2. The summed E-state index contributed by atoms with van der Waals surface area (Å²) in [6.07, 6.45) is 5.54. The standard InChI is InChI=1S/C18H26ClNO5S/c1-20(18(21)25-17-9-7-16(19)8-10-17)13-15-5-3-14(4-6-15)11-12-24-26(2,22)23/h7-10,14-15H,3-6,11-13H2,1-2H3/t14-,15-. The quantitative estimate of drug-likeness (QED) is 0.644. The van der Waals surface area contributed by atoms with Crippen LogP contribution in [0.25, 0.3) is 0 Å². The molecule has 6 nitrogen and oxygen atoms in total. The number of ether oxygens (including phenoxy) is 1. The molecule has 1 aliphatic carbocycles. The van der Waals surface area contributed by atoms with Gasteiger partial charge in [0.05, 0.1) is 12.9 Å². The van der Waals surface area contributed by atoms with E-state index in [0.717, 1.165) is 38.4 Å². The Kier molecular flexibility index (Phi) is 7.73. The lowest BCUT2D eigenvalue weighted by molar-refractivity contribution is 0.143. The van der Waals surface area contributed by atoms with Crippen molar-refractivity contribution in [2.75, 3.05) is 26.5 Å². The van der Waals surface area contributed by atoms with Crippen LogP contribution in [0.4, 0.5) is 4.79 Å². The Hall–Kier alpha value is -1.31. The SMILES string of the molecule is CN(C[C@H]1CC[C@H](CCOS(C)(=O)=O)CC1)C(=O)Oc1ccc(Cl)cc1. The van der Waals surface area contributed by atoms with E-state index in [0.29, 0.717) is 29.2 Å². The van der Waals surface area contributed by atoms with Gasteiger partial charge in [-0.05, 0) is 55.4 Å². The lowest BCUT2D eigenvalue weighted by atomic mass is 9.80. The van der Waals surface area contributed by atoms with Gasteiger partial charge in [-0.15, -0.1) is 0 Å². The van der Waals surface area contributed by atoms with E-state index in [1.54, 1.807) is 36.2 Å². The van der Waals surface area contributed by atoms with Crippen molar-refractivity contribution in [2.24, 2.45) is 11.8 Å². The first kappa shape index (κ1) is 21.0. The smallest absolute Gasteiger partial charge is 0.410 e. The van der Waals surface area contributed by atoms with Crippen molar-refractivity contribution in [3.8, 4) is 5.75 Å². The molecule has 1 aliphatic rings. The van der Waals surface area contributed by atoms with E-state index in [-0.39, 0.29) is 12.7 Å². The Bertz CT molecular complexity index is 684. The van der Waals surface area contributed by atoms with E-state index in [2.05, 4.69) is 0 Å². The molecule has 1 aromatic carbocycles. The molecule has 0 bridgehead atoms. The Morgan fingerprint density at radius 1 is 1.15 bits per heavy atom. The summed E-state index contributed by atoms with van der Waals surface area (Å²) in [7, 11) is -1.61. The predicted molar refractivity (Wildman–Crippen MR) is 101 cm³/mol. The molecule has 1 aromatic rings. The van der Waals surface area contributed by atoms with Gasteiger partial charge < -0.3 is 9.64 Å². The van der Waals surface area contributed by atoms with E-state index >= 15 is 0 Å². The Labute approximate surface area is 160 Å². The Morgan fingerprint density at radius 3 is 2.31 bits per heavy atom. The van der Waals surface area contributed by atoms with E-state index in [1.165, 1.54) is 0 Å². The molecule has 0 aromatic heterocycles. The molecule has 0 heterocycles. The first-order valence-corrected chi connectivity index (χ1v) is 11.0. The first-order chi connectivity index (χ1) is 12.2. The number of rotatable bonds is 7. The molecule has 8 heteroatoms. The minimum absolute atomic E-state index is 0.251. The number of carbonyl (C=O) groups excluding carboxylic acids is 1. The van der Waals surface area contributed by atoms with E-state index in [4.69, 9.17) is 20.5 Å². The summed E-state index contributed by atoms with van der Waals surface area (Å²) in [4.78, 5) is 13.8. The van der Waals surface area contributed by atoms with Crippen LogP contribution in [0.1, 0.15) is 32.1 Å². The first-order valence-electron chi connectivity index (χ1n) is 8.76. The van der Waals surface area contributed by atoms with E-state index in [1.807, 2.05) is 0 Å². The van der Waals surface area contributed by atoms with Crippen LogP contribution in [-0.2, 0) is 14.3 Å². The van der Waals surface area contributed by atoms with Crippen LogP contribution in [0.3, 0.4) is 0 Å². The second-order valence-electron chi connectivity index (χ2n) is 6.90. The van der Waals surface area contributed by atoms with Crippen molar-refractivity contribution in [1.29, 1.82) is 0 Å². The highest BCUT2D eigenvalue weighted by molar-refractivity contribution is 7.85. The van der Waals surface area contributed by atoms with Crippen LogP contribution in [0.15, 0.2) is 24.3 Å². The van der Waals surface area contributed by atoms with Gasteiger partial charge in [-0.3, -0.25) is 4.18 Å². The molecule has 26 heavy (non-hydrogen) atoms. The second-order valence-corrected chi connectivity index (χ2v) is 8.98. The lowest BCUT2D eigenvalue weighted by Crippen LogP contribution is -2.35. The normalized spacial score (nSPS) is 20.6. The zero-order valence-corrected chi connectivity index (χ0v) is 16.8. The minimum atomic E-state index is -3.35. The molecule has 2 rings (SSSR count). The number of hydrogen-bond acceptors (Lipinski definition) is 5. The maximum absolute atomic E-state index is 12.2. The zero-order valence-electron chi connectivity index (χ0n) is 15.2. The highest BCUT2D eigenvalue weighted by Gasteiger charge is 2.24. The fourth-order valence-corrected chi connectivity index (χ4v) is 3.74. The van der Waals surface area contributed by atoms with Crippen molar-refractivity contribution in [2.45, 2.75) is 32.1 Å². The van der Waals surface area contributed by atoms with Gasteiger partial charge in [0.15, 0.2) is 0 Å². The predicted octanol–water partition coefficient (Wildman–Crippen LogP) is 3.94. The topological polar surface area (TPSA) is 72.9 Å². The van der Waals surface area contributed by atoms with Gasteiger partial charge in [-0.2, -0.15) is 8.42 Å². The molecular formula is C18H26ClNO5S. The maximum atomic E-state index is 12.2. The second kappa shape index (κ2) is 9.58. The number of halogens is 1. The van der Waals surface area contributed by atoms with Gasteiger partial charge in [-0.25, -0.2) is 4.79 Å². The summed E-state index contributed by atoms with van der Waals surface area (Å²) < 4.78 is 32.1. The molecule has 1 amide bonds. The van der Waals surface area contributed by atoms with Crippen LogP contribution in [0.2, 0.25) is 5.02 Å². The highest BCUT2D eigenvalue weighted by atomic mass is 35.5. The molecule has 0 spiro atoms. The largest absolute Gasteiger partial charge is 0.414 e. The van der Waals surface area contributed by atoms with Crippen molar-refractivity contribution in [1.82, 2.24) is 4.90 Å². The molecule has 0 radical (unpaired) electrons. The minimum Gasteiger partial charge on any atom is -0.410 e. The van der Waals surface area contributed by atoms with Gasteiger partial charge in [0, 0.05) is 18.6 Å². The summed E-state index contributed by atoms with van der Waals surface area (Å²) >= 11 is 5.82. The molecule has 0 saturated heterocycles. The average molecular weight is 404 g/mol. The monoisotopic (exact) mass is 403 g/mol. The van der Waals surface area contributed by atoms with Crippen molar-refractivity contribution in [3.63, 3.8) is 0 Å². The van der Waals surface area contributed by atoms with E-state index in [9.17, 15) is 13.2 Å². The molecule has 0 atom stereocenters.